The second-order valence-corrected chi connectivity index (χ2v) is 6.11. The fourth-order valence-electron chi connectivity index (χ4n) is 2.17. The molecule has 1 aromatic rings. The lowest BCUT2D eigenvalue weighted by Gasteiger charge is -2.18. The van der Waals surface area contributed by atoms with Crippen LogP contribution in [0, 0.1) is 5.92 Å². The molecular formula is C14H15BrClNO2. The zero-order valence-corrected chi connectivity index (χ0v) is 13.0. The van der Waals surface area contributed by atoms with Crippen molar-refractivity contribution in [3.63, 3.8) is 0 Å². The number of alkyl halides is 1. The van der Waals surface area contributed by atoms with Crippen LogP contribution in [-0.4, -0.2) is 24.1 Å². The number of carbonyl (C=O) groups excluding carboxylic acids is 2. The van der Waals surface area contributed by atoms with Crippen LogP contribution in [0.25, 0.3) is 0 Å². The maximum absolute atomic E-state index is 12.0. The van der Waals surface area contributed by atoms with E-state index < -0.39 is 11.7 Å². The highest BCUT2D eigenvalue weighted by molar-refractivity contribution is 9.10. The van der Waals surface area contributed by atoms with Gasteiger partial charge in [-0.25, -0.2) is 0 Å². The van der Waals surface area contributed by atoms with Crippen molar-refractivity contribution >= 4 is 44.9 Å². The van der Waals surface area contributed by atoms with Crippen LogP contribution in [0.5, 0.6) is 0 Å². The van der Waals surface area contributed by atoms with Crippen molar-refractivity contribution in [1.29, 1.82) is 0 Å². The summed E-state index contributed by atoms with van der Waals surface area (Å²) in [5.74, 6) is 0.227. The smallest absolute Gasteiger partial charge is 0.299 e. The van der Waals surface area contributed by atoms with Gasteiger partial charge in [0.25, 0.3) is 11.7 Å². The number of hydrogen-bond donors (Lipinski definition) is 0. The topological polar surface area (TPSA) is 37.4 Å². The van der Waals surface area contributed by atoms with E-state index in [1.807, 2.05) is 12.1 Å². The van der Waals surface area contributed by atoms with Crippen molar-refractivity contribution in [2.45, 2.75) is 19.8 Å². The summed E-state index contributed by atoms with van der Waals surface area (Å²) in [6, 6.07) is 5.37. The quantitative estimate of drug-likeness (QED) is 0.604. The number of fused-ring (bicyclic) bond motifs is 1. The number of halogens is 2. The monoisotopic (exact) mass is 343 g/mol. The van der Waals surface area contributed by atoms with Gasteiger partial charge in [0.05, 0.1) is 11.3 Å². The Kier molecular flexibility index (Phi) is 4.63. The molecule has 2 rings (SSSR count). The molecule has 19 heavy (non-hydrogen) atoms. The van der Waals surface area contributed by atoms with Gasteiger partial charge in [-0.05, 0) is 37.0 Å². The Hall–Kier alpha value is -0.870. The average Bonchev–Trinajstić information content (AvgIpc) is 2.61. The van der Waals surface area contributed by atoms with Gasteiger partial charge in [-0.3, -0.25) is 9.59 Å². The van der Waals surface area contributed by atoms with Crippen LogP contribution in [0.1, 0.15) is 30.1 Å². The first-order valence-electron chi connectivity index (χ1n) is 6.26. The molecule has 1 unspecified atom stereocenters. The van der Waals surface area contributed by atoms with Crippen LogP contribution >= 0.6 is 27.5 Å². The van der Waals surface area contributed by atoms with E-state index in [4.69, 9.17) is 11.6 Å². The lowest BCUT2D eigenvalue weighted by molar-refractivity contribution is -0.114. The number of nitrogens with zero attached hydrogens (tertiary/aromatic N) is 1. The molecule has 1 aliphatic heterocycles. The first kappa shape index (κ1) is 14.5. The number of Topliss-reactive ketones (excluding diaryl/α,β-unsaturated/α-hetero) is 1. The van der Waals surface area contributed by atoms with Crippen LogP contribution in [0.2, 0.25) is 0 Å². The molecule has 0 N–H and O–H groups in total. The summed E-state index contributed by atoms with van der Waals surface area (Å²) in [6.45, 7) is 2.67. The first-order valence-corrected chi connectivity index (χ1v) is 7.59. The van der Waals surface area contributed by atoms with Crippen LogP contribution < -0.4 is 4.90 Å². The van der Waals surface area contributed by atoms with Crippen molar-refractivity contribution in [2.75, 3.05) is 17.3 Å². The van der Waals surface area contributed by atoms with Crippen molar-refractivity contribution in [3.8, 4) is 0 Å². The number of amides is 1. The van der Waals surface area contributed by atoms with E-state index in [-0.39, 0.29) is 0 Å². The Balaban J connectivity index is 2.15. The SMILES string of the molecule is CC(CCCl)CCN1C(=O)C(=O)c2cc(Br)ccc21. The molecule has 0 spiro atoms. The average molecular weight is 345 g/mol. The summed E-state index contributed by atoms with van der Waals surface area (Å²) in [4.78, 5) is 25.5. The van der Waals surface area contributed by atoms with E-state index in [0.717, 1.165) is 23.0 Å². The summed E-state index contributed by atoms with van der Waals surface area (Å²) in [7, 11) is 0. The Labute approximate surface area is 126 Å². The second-order valence-electron chi connectivity index (χ2n) is 4.82. The number of ketones is 1. The zero-order valence-electron chi connectivity index (χ0n) is 10.7. The second kappa shape index (κ2) is 6.06. The maximum Gasteiger partial charge on any atom is 0.299 e. The minimum absolute atomic E-state index is 0.415. The molecule has 3 nitrogen and oxygen atoms in total. The zero-order chi connectivity index (χ0) is 14.0. The van der Waals surface area contributed by atoms with Crippen LogP contribution in [-0.2, 0) is 4.79 Å². The van der Waals surface area contributed by atoms with Crippen LogP contribution in [0.4, 0.5) is 5.69 Å². The Morgan fingerprint density at radius 3 is 2.74 bits per heavy atom. The molecule has 0 saturated heterocycles. The molecule has 0 fully saturated rings. The van der Waals surface area contributed by atoms with Crippen molar-refractivity contribution < 1.29 is 9.59 Å². The number of hydrogen-bond acceptors (Lipinski definition) is 2. The molecular weight excluding hydrogens is 330 g/mol. The van der Waals surface area contributed by atoms with Gasteiger partial charge < -0.3 is 4.90 Å². The predicted octanol–water partition coefficient (Wildman–Crippen LogP) is 3.63. The minimum atomic E-state index is -0.425. The summed E-state index contributed by atoms with van der Waals surface area (Å²) < 4.78 is 0.810. The molecule has 102 valence electrons. The molecule has 1 amide bonds. The van der Waals surface area contributed by atoms with E-state index in [9.17, 15) is 9.59 Å². The molecule has 1 aliphatic rings. The van der Waals surface area contributed by atoms with E-state index in [1.165, 1.54) is 0 Å². The molecule has 1 atom stereocenters. The van der Waals surface area contributed by atoms with Gasteiger partial charge >= 0.3 is 0 Å². The number of anilines is 1. The van der Waals surface area contributed by atoms with Gasteiger partial charge in [0, 0.05) is 16.9 Å². The van der Waals surface area contributed by atoms with Crippen molar-refractivity contribution in [3.05, 3.63) is 28.2 Å². The molecule has 0 bridgehead atoms. The maximum atomic E-state index is 12.0. The highest BCUT2D eigenvalue weighted by atomic mass is 79.9. The van der Waals surface area contributed by atoms with E-state index in [2.05, 4.69) is 22.9 Å². The van der Waals surface area contributed by atoms with E-state index in [0.29, 0.717) is 23.9 Å². The third-order valence-corrected chi connectivity index (χ3v) is 4.09. The van der Waals surface area contributed by atoms with Gasteiger partial charge in [-0.15, -0.1) is 11.6 Å². The number of carbonyl (C=O) groups is 2. The third-order valence-electron chi connectivity index (χ3n) is 3.38. The molecule has 0 saturated carbocycles. The Morgan fingerprint density at radius 1 is 1.32 bits per heavy atom. The highest BCUT2D eigenvalue weighted by Gasteiger charge is 2.35. The van der Waals surface area contributed by atoms with Crippen molar-refractivity contribution in [2.24, 2.45) is 5.92 Å². The fourth-order valence-corrected chi connectivity index (χ4v) is 2.91. The Bertz CT molecular complexity index is 518. The van der Waals surface area contributed by atoms with Gasteiger partial charge in [-0.1, -0.05) is 22.9 Å². The van der Waals surface area contributed by atoms with Gasteiger partial charge in [0.15, 0.2) is 0 Å². The third kappa shape index (κ3) is 3.00. The van der Waals surface area contributed by atoms with E-state index >= 15 is 0 Å². The van der Waals surface area contributed by atoms with Gasteiger partial charge in [0.1, 0.15) is 0 Å². The minimum Gasteiger partial charge on any atom is -0.305 e. The summed E-state index contributed by atoms with van der Waals surface area (Å²) in [6.07, 6.45) is 1.77. The predicted molar refractivity (Wildman–Crippen MR) is 79.9 cm³/mol. The summed E-state index contributed by atoms with van der Waals surface area (Å²) in [5, 5.41) is 0. The molecule has 1 heterocycles. The molecule has 1 aromatic carbocycles. The lowest BCUT2D eigenvalue weighted by atomic mass is 10.1. The standard InChI is InChI=1S/C14H15BrClNO2/c1-9(4-6-16)5-7-17-12-3-2-10(15)8-11(12)13(18)14(17)19/h2-3,8-9H,4-7H2,1H3. The largest absolute Gasteiger partial charge is 0.305 e. The van der Waals surface area contributed by atoms with E-state index in [1.54, 1.807) is 11.0 Å². The normalized spacial score (nSPS) is 15.8. The molecule has 5 heteroatoms. The number of benzene rings is 1. The van der Waals surface area contributed by atoms with Gasteiger partial charge in [0.2, 0.25) is 0 Å². The molecule has 0 aliphatic carbocycles. The molecule has 0 radical (unpaired) electrons. The van der Waals surface area contributed by atoms with Gasteiger partial charge in [-0.2, -0.15) is 0 Å². The number of rotatable bonds is 5. The highest BCUT2D eigenvalue weighted by Crippen LogP contribution is 2.31. The van der Waals surface area contributed by atoms with Crippen LogP contribution in [0.3, 0.4) is 0 Å². The first-order chi connectivity index (χ1) is 9.04. The molecule has 0 aromatic heterocycles. The summed E-state index contributed by atoms with van der Waals surface area (Å²) in [5.41, 5.74) is 1.21. The lowest BCUT2D eigenvalue weighted by Crippen LogP contribution is -2.31. The van der Waals surface area contributed by atoms with Crippen LogP contribution in [0.15, 0.2) is 22.7 Å². The fraction of sp³-hybridized carbons (Fsp3) is 0.429. The summed E-state index contributed by atoms with van der Waals surface area (Å²) >= 11 is 9.02. The Morgan fingerprint density at radius 2 is 2.05 bits per heavy atom. The van der Waals surface area contributed by atoms with Crippen molar-refractivity contribution in [1.82, 2.24) is 0 Å².